The predicted molar refractivity (Wildman–Crippen MR) is 148 cm³/mol. The first-order chi connectivity index (χ1) is 20.5. The number of benzene rings is 3. The molecule has 1 saturated heterocycles. The van der Waals surface area contributed by atoms with Crippen molar-refractivity contribution in [1.29, 1.82) is 0 Å². The number of esters is 1. The monoisotopic (exact) mass is 594 g/mol. The van der Waals surface area contributed by atoms with Gasteiger partial charge in [0.2, 0.25) is 6.29 Å². The lowest BCUT2D eigenvalue weighted by Crippen LogP contribution is -2.60. The summed E-state index contributed by atoms with van der Waals surface area (Å²) in [6.07, 6.45) is -5.83. The Morgan fingerprint density at radius 1 is 0.837 bits per heavy atom. The smallest absolute Gasteiger partial charge is 0.330 e. The Hall–Kier alpha value is -5.08. The van der Waals surface area contributed by atoms with Gasteiger partial charge in [0.25, 0.3) is 0 Å². The van der Waals surface area contributed by atoms with Crippen molar-refractivity contribution in [2.75, 3.05) is 6.61 Å². The fourth-order valence-electron chi connectivity index (χ4n) is 4.39. The number of phenolic OH excluding ortho intramolecular Hbond substituents is 4. The van der Waals surface area contributed by atoms with Crippen LogP contribution in [-0.2, 0) is 14.3 Å². The molecule has 4 aromatic rings. The molecule has 5 rings (SSSR count). The zero-order chi connectivity index (χ0) is 30.8. The van der Waals surface area contributed by atoms with E-state index in [1.807, 2.05) is 0 Å². The number of ether oxygens (including phenoxy) is 3. The second-order valence-electron chi connectivity index (χ2n) is 9.68. The van der Waals surface area contributed by atoms with Gasteiger partial charge in [0.1, 0.15) is 65.0 Å². The third-order valence-electron chi connectivity index (χ3n) is 6.66. The lowest BCUT2D eigenvalue weighted by Gasteiger charge is -2.39. The Morgan fingerprint density at radius 3 is 2.30 bits per heavy atom. The van der Waals surface area contributed by atoms with Crippen molar-refractivity contribution in [3.05, 3.63) is 82.5 Å². The molecule has 43 heavy (non-hydrogen) atoms. The average molecular weight is 595 g/mol. The molecule has 3 aromatic carbocycles. The fraction of sp³-hybridized carbons (Fsp3) is 0.200. The van der Waals surface area contributed by atoms with Crippen molar-refractivity contribution in [3.8, 4) is 40.1 Å². The van der Waals surface area contributed by atoms with Gasteiger partial charge < -0.3 is 54.4 Å². The Bertz CT molecular complexity index is 1730. The summed E-state index contributed by atoms with van der Waals surface area (Å²) < 4.78 is 22.1. The largest absolute Gasteiger partial charge is 0.508 e. The van der Waals surface area contributed by atoms with Gasteiger partial charge in [-0.15, -0.1) is 0 Å². The summed E-state index contributed by atoms with van der Waals surface area (Å²) in [5, 5.41) is 70.1. The first-order valence-electron chi connectivity index (χ1n) is 12.8. The minimum atomic E-state index is -1.77. The number of rotatable bonds is 7. The van der Waals surface area contributed by atoms with E-state index in [1.165, 1.54) is 60.7 Å². The van der Waals surface area contributed by atoms with Crippen LogP contribution in [0.25, 0.3) is 28.4 Å². The van der Waals surface area contributed by atoms with Crippen LogP contribution >= 0.6 is 0 Å². The summed E-state index contributed by atoms with van der Waals surface area (Å²) in [5.41, 5.74) is 0.228. The molecule has 0 saturated carbocycles. The van der Waals surface area contributed by atoms with E-state index >= 15 is 0 Å². The number of hydrogen-bond acceptors (Lipinski definition) is 13. The topological polar surface area (TPSA) is 217 Å². The molecule has 5 atom stereocenters. The van der Waals surface area contributed by atoms with E-state index in [0.29, 0.717) is 11.1 Å². The van der Waals surface area contributed by atoms with Gasteiger partial charge >= 0.3 is 5.97 Å². The summed E-state index contributed by atoms with van der Waals surface area (Å²) in [4.78, 5) is 24.9. The van der Waals surface area contributed by atoms with Gasteiger partial charge in [-0.2, -0.15) is 0 Å². The molecule has 7 N–H and O–H groups in total. The second-order valence-corrected chi connectivity index (χ2v) is 9.68. The standard InChI is InChI=1S/C30H26O13/c31-16-5-3-15(4-6-16)22-12-21(35)26-20(34)10-17(11-23(26)42-22)41-30-29(39)28(38)27(37)24(43-30)13-40-25(36)8-2-14-1-7-18(32)19(33)9-14/h1-12,24,27-34,37-39H,13H2/b8-2+/t24?,27-,28+,29?,30-/m1/s1. The van der Waals surface area contributed by atoms with Crippen LogP contribution in [0.3, 0.4) is 0 Å². The number of aromatic hydroxyl groups is 4. The van der Waals surface area contributed by atoms with Crippen LogP contribution in [0.2, 0.25) is 0 Å². The fourth-order valence-corrected chi connectivity index (χ4v) is 4.39. The van der Waals surface area contributed by atoms with Crippen LogP contribution in [-0.4, -0.2) is 79.0 Å². The molecule has 13 heteroatoms. The minimum Gasteiger partial charge on any atom is -0.508 e. The van der Waals surface area contributed by atoms with Gasteiger partial charge in [-0.1, -0.05) is 6.07 Å². The van der Waals surface area contributed by atoms with E-state index in [4.69, 9.17) is 18.6 Å². The molecule has 1 aliphatic rings. The molecule has 1 fully saturated rings. The number of aliphatic hydroxyl groups is 3. The summed E-state index contributed by atoms with van der Waals surface area (Å²) in [7, 11) is 0. The van der Waals surface area contributed by atoms with Crippen LogP contribution < -0.4 is 10.2 Å². The van der Waals surface area contributed by atoms with Crippen molar-refractivity contribution in [3.63, 3.8) is 0 Å². The molecule has 0 radical (unpaired) electrons. The minimum absolute atomic E-state index is 0.0123. The zero-order valence-electron chi connectivity index (χ0n) is 22.1. The van der Waals surface area contributed by atoms with Gasteiger partial charge in [0.05, 0.1) is 0 Å². The Balaban J connectivity index is 1.31. The first kappa shape index (κ1) is 29.4. The maximum Gasteiger partial charge on any atom is 0.330 e. The molecule has 2 heterocycles. The van der Waals surface area contributed by atoms with E-state index in [0.717, 1.165) is 12.1 Å². The normalized spacial score (nSPS) is 22.1. The highest BCUT2D eigenvalue weighted by molar-refractivity contribution is 5.87. The van der Waals surface area contributed by atoms with Crippen LogP contribution in [0, 0.1) is 0 Å². The molecule has 2 unspecified atom stereocenters. The van der Waals surface area contributed by atoms with Crippen LogP contribution in [0.15, 0.2) is 76.0 Å². The second kappa shape index (κ2) is 12.0. The van der Waals surface area contributed by atoms with Crippen LogP contribution in [0.4, 0.5) is 0 Å². The Morgan fingerprint density at radius 2 is 1.58 bits per heavy atom. The lowest BCUT2D eigenvalue weighted by molar-refractivity contribution is -0.278. The van der Waals surface area contributed by atoms with E-state index in [9.17, 15) is 45.3 Å². The third kappa shape index (κ3) is 6.39. The summed E-state index contributed by atoms with van der Waals surface area (Å²) in [5.74, 6) is -2.04. The predicted octanol–water partition coefficient (Wildman–Crippen LogP) is 1.73. The number of carbonyl (C=O) groups is 1. The van der Waals surface area contributed by atoms with Crippen molar-refractivity contribution in [1.82, 2.24) is 0 Å². The Kier molecular flexibility index (Phi) is 8.23. The van der Waals surface area contributed by atoms with Crippen LogP contribution in [0.5, 0.6) is 28.7 Å². The highest BCUT2D eigenvalue weighted by atomic mass is 16.7. The Labute approximate surface area is 242 Å². The van der Waals surface area contributed by atoms with Crippen molar-refractivity contribution in [2.45, 2.75) is 30.7 Å². The molecule has 0 aliphatic carbocycles. The third-order valence-corrected chi connectivity index (χ3v) is 6.66. The van der Waals surface area contributed by atoms with Crippen molar-refractivity contribution < 1.29 is 59.2 Å². The van der Waals surface area contributed by atoms with Gasteiger partial charge in [-0.3, -0.25) is 4.79 Å². The van der Waals surface area contributed by atoms with Crippen molar-refractivity contribution in [2.24, 2.45) is 0 Å². The highest BCUT2D eigenvalue weighted by Gasteiger charge is 2.45. The molecular weight excluding hydrogens is 568 g/mol. The molecule has 0 amide bonds. The molecule has 0 bridgehead atoms. The SMILES string of the molecule is O=C(/C=C/c1ccc(O)c(O)c1)OCC1O[C@@H](Oc2cc(O)c3c(=O)cc(-c4ccc(O)cc4)oc3c2)C(O)[C@@H](O)[C@@H]1O. The molecule has 224 valence electrons. The van der Waals surface area contributed by atoms with E-state index in [2.05, 4.69) is 0 Å². The van der Waals surface area contributed by atoms with E-state index in [-0.39, 0.29) is 39.7 Å². The maximum atomic E-state index is 12.7. The quantitative estimate of drug-likeness (QED) is 0.0923. The number of carbonyl (C=O) groups excluding carboxylic acids is 1. The van der Waals surface area contributed by atoms with E-state index < -0.39 is 54.5 Å². The maximum absolute atomic E-state index is 12.7. The van der Waals surface area contributed by atoms with Gasteiger partial charge in [-0.25, -0.2) is 4.79 Å². The average Bonchev–Trinajstić information content (AvgIpc) is 2.97. The zero-order valence-corrected chi connectivity index (χ0v) is 22.1. The first-order valence-corrected chi connectivity index (χ1v) is 12.8. The molecule has 13 nitrogen and oxygen atoms in total. The number of hydrogen-bond donors (Lipinski definition) is 7. The number of fused-ring (bicyclic) bond motifs is 1. The van der Waals surface area contributed by atoms with Gasteiger partial charge in [0, 0.05) is 29.8 Å². The number of aliphatic hydroxyl groups excluding tert-OH is 3. The van der Waals surface area contributed by atoms with Crippen molar-refractivity contribution >= 4 is 23.0 Å². The molecular formula is C30H26O13. The highest BCUT2D eigenvalue weighted by Crippen LogP contribution is 2.33. The molecule has 1 aliphatic heterocycles. The van der Waals surface area contributed by atoms with Gasteiger partial charge in [0.15, 0.2) is 16.9 Å². The summed E-state index contributed by atoms with van der Waals surface area (Å²) in [6.45, 7) is -0.553. The summed E-state index contributed by atoms with van der Waals surface area (Å²) in [6, 6.07) is 13.3. The van der Waals surface area contributed by atoms with Gasteiger partial charge in [-0.05, 0) is 48.0 Å². The summed E-state index contributed by atoms with van der Waals surface area (Å²) >= 11 is 0. The van der Waals surface area contributed by atoms with E-state index in [1.54, 1.807) is 0 Å². The van der Waals surface area contributed by atoms with Crippen LogP contribution in [0.1, 0.15) is 5.56 Å². The molecule has 1 aromatic heterocycles. The lowest BCUT2D eigenvalue weighted by atomic mass is 9.99. The number of phenols is 4. The molecule has 0 spiro atoms.